The van der Waals surface area contributed by atoms with E-state index in [1.165, 1.54) is 4.57 Å². The van der Waals surface area contributed by atoms with Crippen molar-refractivity contribution in [2.75, 3.05) is 26.2 Å². The highest BCUT2D eigenvalue weighted by Crippen LogP contribution is 2.17. The summed E-state index contributed by atoms with van der Waals surface area (Å²) in [6.07, 6.45) is 1.33. The normalized spacial score (nSPS) is 20.2. The van der Waals surface area contributed by atoms with Crippen LogP contribution in [0.3, 0.4) is 0 Å². The van der Waals surface area contributed by atoms with Crippen LogP contribution in [0.15, 0.2) is 39.6 Å². The van der Waals surface area contributed by atoms with E-state index < -0.39 is 11.9 Å². The molecule has 1 aromatic heterocycles. The maximum Gasteiger partial charge on any atom is 0.441 e. The van der Waals surface area contributed by atoms with Crippen molar-refractivity contribution >= 4 is 0 Å². The number of hydrogen-bond acceptors (Lipinski definition) is 6. The number of aromatic nitrogens is 2. The predicted octanol–water partition coefficient (Wildman–Crippen LogP) is 0.569. The lowest BCUT2D eigenvalue weighted by Gasteiger charge is -2.33. The Balaban J connectivity index is 1.68. The van der Waals surface area contributed by atoms with Crippen LogP contribution in [0.25, 0.3) is 11.4 Å². The zero-order chi connectivity index (χ0) is 16.9. The van der Waals surface area contributed by atoms with Crippen LogP contribution in [0.2, 0.25) is 0 Å². The number of aliphatic hydroxyl groups is 2. The maximum atomic E-state index is 11.9. The second kappa shape index (κ2) is 7.74. The largest absolute Gasteiger partial charge is 0.441 e. The van der Waals surface area contributed by atoms with Gasteiger partial charge in [0.1, 0.15) is 0 Å². The van der Waals surface area contributed by atoms with E-state index in [0.717, 1.165) is 31.5 Å². The fourth-order valence-electron chi connectivity index (χ4n) is 3.26. The quantitative estimate of drug-likeness (QED) is 0.803. The molecule has 2 aromatic rings. The first-order chi connectivity index (χ1) is 11.7. The van der Waals surface area contributed by atoms with Crippen LogP contribution in [0.4, 0.5) is 0 Å². The van der Waals surface area contributed by atoms with Gasteiger partial charge in [0, 0.05) is 25.3 Å². The number of hydrogen-bond donors (Lipinski definition) is 2. The molecular weight excluding hydrogens is 310 g/mol. The molecule has 1 aliphatic rings. The van der Waals surface area contributed by atoms with Crippen molar-refractivity contribution in [2.45, 2.75) is 25.5 Å². The Labute approximate surface area is 140 Å². The van der Waals surface area contributed by atoms with Gasteiger partial charge in [-0.3, -0.25) is 9.09 Å². The molecule has 1 aromatic carbocycles. The molecule has 1 saturated heterocycles. The van der Waals surface area contributed by atoms with Gasteiger partial charge in [0.2, 0.25) is 0 Å². The van der Waals surface area contributed by atoms with Crippen LogP contribution >= 0.6 is 0 Å². The van der Waals surface area contributed by atoms with Gasteiger partial charge >= 0.3 is 5.76 Å². The molecule has 0 amide bonds. The molecule has 2 heterocycles. The van der Waals surface area contributed by atoms with Crippen LogP contribution < -0.4 is 5.76 Å². The molecule has 1 fully saturated rings. The molecule has 0 radical (unpaired) electrons. The Kier molecular flexibility index (Phi) is 5.44. The van der Waals surface area contributed by atoms with E-state index in [-0.39, 0.29) is 19.1 Å². The third-order valence-electron chi connectivity index (χ3n) is 4.44. The van der Waals surface area contributed by atoms with Crippen LogP contribution in [0.1, 0.15) is 12.8 Å². The summed E-state index contributed by atoms with van der Waals surface area (Å²) < 4.78 is 6.14. The third kappa shape index (κ3) is 3.92. The fraction of sp³-hybridized carbons (Fsp3) is 0.529. The number of piperidine rings is 1. The minimum absolute atomic E-state index is 0.132. The Hall–Kier alpha value is -1.96. The summed E-state index contributed by atoms with van der Waals surface area (Å²) in [6.45, 7) is 2.44. The van der Waals surface area contributed by atoms with E-state index in [4.69, 9.17) is 4.52 Å². The van der Waals surface area contributed by atoms with E-state index in [1.807, 2.05) is 30.3 Å². The predicted molar refractivity (Wildman–Crippen MR) is 88.5 cm³/mol. The van der Waals surface area contributed by atoms with E-state index in [9.17, 15) is 15.0 Å². The van der Waals surface area contributed by atoms with Gasteiger partial charge in [-0.1, -0.05) is 35.5 Å². The van der Waals surface area contributed by atoms with E-state index in [1.54, 1.807) is 0 Å². The number of rotatable bonds is 6. The van der Waals surface area contributed by atoms with Crippen LogP contribution in [-0.4, -0.2) is 57.2 Å². The molecular formula is C17H23N3O4. The number of likely N-dealkylation sites (tertiary alicyclic amines) is 1. The molecule has 0 saturated carbocycles. The standard InChI is InChI=1S/C17H23N3O4/c21-12-13-5-4-8-19(9-13)10-15(22)11-20-16(18-24-17(20)23)14-6-2-1-3-7-14/h1-3,6-7,13,15,21-22H,4-5,8-12H2. The first kappa shape index (κ1) is 16.9. The van der Waals surface area contributed by atoms with Crippen LogP contribution in [-0.2, 0) is 6.54 Å². The van der Waals surface area contributed by atoms with Gasteiger partial charge in [-0.05, 0) is 25.3 Å². The zero-order valence-electron chi connectivity index (χ0n) is 13.5. The molecule has 0 bridgehead atoms. The summed E-state index contributed by atoms with van der Waals surface area (Å²) in [4.78, 5) is 14.1. The Bertz CT molecular complexity index is 697. The van der Waals surface area contributed by atoms with E-state index in [2.05, 4.69) is 10.1 Å². The first-order valence-corrected chi connectivity index (χ1v) is 8.30. The number of nitrogens with zero attached hydrogens (tertiary/aromatic N) is 3. The van der Waals surface area contributed by atoms with Gasteiger partial charge in [0.25, 0.3) is 0 Å². The molecule has 130 valence electrons. The fourth-order valence-corrected chi connectivity index (χ4v) is 3.26. The van der Waals surface area contributed by atoms with Crippen molar-refractivity contribution < 1.29 is 14.7 Å². The summed E-state index contributed by atoms with van der Waals surface area (Å²) in [5.74, 6) is 0.121. The molecule has 3 rings (SSSR count). The Morgan fingerprint density at radius 3 is 2.83 bits per heavy atom. The SMILES string of the molecule is O=c1onc(-c2ccccc2)n1CC(O)CN1CCCC(CO)C1. The Morgan fingerprint density at radius 1 is 1.29 bits per heavy atom. The molecule has 2 atom stereocenters. The highest BCUT2D eigenvalue weighted by atomic mass is 16.5. The van der Waals surface area contributed by atoms with Gasteiger partial charge in [-0.25, -0.2) is 4.79 Å². The van der Waals surface area contributed by atoms with Crippen molar-refractivity contribution in [1.29, 1.82) is 0 Å². The van der Waals surface area contributed by atoms with Gasteiger partial charge in [0.15, 0.2) is 5.82 Å². The van der Waals surface area contributed by atoms with Crippen LogP contribution in [0.5, 0.6) is 0 Å². The number of benzene rings is 1. The first-order valence-electron chi connectivity index (χ1n) is 8.30. The average Bonchev–Trinajstić information content (AvgIpc) is 2.96. The van der Waals surface area contributed by atoms with Crippen molar-refractivity contribution in [3.8, 4) is 11.4 Å². The van der Waals surface area contributed by atoms with Crippen LogP contribution in [0, 0.1) is 5.92 Å². The summed E-state index contributed by atoms with van der Waals surface area (Å²) in [7, 11) is 0. The summed E-state index contributed by atoms with van der Waals surface area (Å²) >= 11 is 0. The lowest BCUT2D eigenvalue weighted by Crippen LogP contribution is -2.42. The molecule has 7 nitrogen and oxygen atoms in total. The Morgan fingerprint density at radius 2 is 2.08 bits per heavy atom. The second-order valence-corrected chi connectivity index (χ2v) is 6.35. The van der Waals surface area contributed by atoms with E-state index in [0.29, 0.717) is 12.4 Å². The summed E-state index contributed by atoms with van der Waals surface area (Å²) in [6, 6.07) is 9.29. The zero-order valence-corrected chi connectivity index (χ0v) is 13.5. The van der Waals surface area contributed by atoms with Crippen molar-refractivity contribution in [3.05, 3.63) is 40.9 Å². The average molecular weight is 333 g/mol. The van der Waals surface area contributed by atoms with Gasteiger partial charge in [-0.2, -0.15) is 0 Å². The highest BCUT2D eigenvalue weighted by Gasteiger charge is 2.23. The van der Waals surface area contributed by atoms with Crippen molar-refractivity contribution in [3.63, 3.8) is 0 Å². The molecule has 24 heavy (non-hydrogen) atoms. The smallest absolute Gasteiger partial charge is 0.396 e. The lowest BCUT2D eigenvalue weighted by atomic mass is 9.99. The molecule has 0 spiro atoms. The van der Waals surface area contributed by atoms with Crippen molar-refractivity contribution in [1.82, 2.24) is 14.6 Å². The van der Waals surface area contributed by atoms with E-state index >= 15 is 0 Å². The summed E-state index contributed by atoms with van der Waals surface area (Å²) in [5.41, 5.74) is 0.772. The summed E-state index contributed by atoms with van der Waals surface area (Å²) in [5, 5.41) is 23.5. The second-order valence-electron chi connectivity index (χ2n) is 6.35. The third-order valence-corrected chi connectivity index (χ3v) is 4.44. The minimum Gasteiger partial charge on any atom is -0.396 e. The molecule has 7 heteroatoms. The number of β-amino-alcohol motifs (C(OH)–C–C–N with tert-alkyl or cyclic N) is 1. The van der Waals surface area contributed by atoms with Gasteiger partial charge in [-0.15, -0.1) is 0 Å². The molecule has 0 aliphatic carbocycles. The topological polar surface area (TPSA) is 91.7 Å². The lowest BCUT2D eigenvalue weighted by molar-refractivity contribution is 0.0595. The van der Waals surface area contributed by atoms with Gasteiger partial charge < -0.3 is 15.1 Å². The number of aliphatic hydroxyl groups excluding tert-OH is 2. The highest BCUT2D eigenvalue weighted by molar-refractivity contribution is 5.54. The van der Waals surface area contributed by atoms with Crippen molar-refractivity contribution in [2.24, 2.45) is 5.92 Å². The molecule has 1 aliphatic heterocycles. The van der Waals surface area contributed by atoms with Gasteiger partial charge in [0.05, 0.1) is 12.6 Å². The molecule has 2 N–H and O–H groups in total. The molecule has 2 unspecified atom stereocenters. The monoisotopic (exact) mass is 333 g/mol. The maximum absolute atomic E-state index is 11.9. The minimum atomic E-state index is -0.706.